The fraction of sp³-hybridized carbons (Fsp3) is 0.125. The van der Waals surface area contributed by atoms with Crippen molar-refractivity contribution in [2.45, 2.75) is 4.90 Å². The minimum absolute atomic E-state index is 0.265. The van der Waals surface area contributed by atoms with E-state index in [0.717, 1.165) is 0 Å². The summed E-state index contributed by atoms with van der Waals surface area (Å²) < 4.78 is 22.8. The Morgan fingerprint density at radius 3 is 2.30 bits per heavy atom. The van der Waals surface area contributed by atoms with Gasteiger partial charge in [0.15, 0.2) is 22.3 Å². The van der Waals surface area contributed by atoms with E-state index < -0.39 is 20.8 Å². The predicted molar refractivity (Wildman–Crippen MR) is 87.4 cm³/mol. The van der Waals surface area contributed by atoms with Crippen molar-refractivity contribution in [2.75, 3.05) is 14.2 Å². The molecule has 0 aliphatic rings. The molecule has 23 heavy (non-hydrogen) atoms. The molecule has 0 aromatic heterocycles. The van der Waals surface area contributed by atoms with E-state index in [0.29, 0.717) is 17.1 Å². The van der Waals surface area contributed by atoms with E-state index in [-0.39, 0.29) is 4.90 Å². The number of methoxy groups -OCH3 is 2. The lowest BCUT2D eigenvalue weighted by atomic mass is 10.2. The third-order valence-corrected chi connectivity index (χ3v) is 4.36. The van der Waals surface area contributed by atoms with Crippen LogP contribution in [-0.4, -0.2) is 23.4 Å². The van der Waals surface area contributed by atoms with Crippen LogP contribution in [-0.2, 0) is 10.8 Å². The lowest BCUT2D eigenvalue weighted by Gasteiger charge is -2.08. The maximum absolute atomic E-state index is 12.6. The van der Waals surface area contributed by atoms with Crippen LogP contribution in [0.5, 0.6) is 11.5 Å². The summed E-state index contributed by atoms with van der Waals surface area (Å²) in [5.41, 5.74) is 0.605. The monoisotopic (exact) mass is 333 g/mol. The van der Waals surface area contributed by atoms with Crippen molar-refractivity contribution in [1.82, 2.24) is 0 Å². The molecule has 0 saturated carbocycles. The average Bonchev–Trinajstić information content (AvgIpc) is 2.59. The van der Waals surface area contributed by atoms with Gasteiger partial charge < -0.3 is 9.47 Å². The summed E-state index contributed by atoms with van der Waals surface area (Å²) in [7, 11) is 0.974. The summed E-state index contributed by atoms with van der Waals surface area (Å²) in [6.45, 7) is 0. The topological polar surface area (TPSA) is 78.7 Å². The molecule has 0 radical (unpaired) electrons. The lowest BCUT2D eigenvalue weighted by Crippen LogP contribution is -2.06. The van der Waals surface area contributed by atoms with Crippen LogP contribution >= 0.6 is 0 Å². The fourth-order valence-corrected chi connectivity index (χ4v) is 2.94. The van der Waals surface area contributed by atoms with E-state index in [9.17, 15) is 14.3 Å². The van der Waals surface area contributed by atoms with Gasteiger partial charge in [0.2, 0.25) is 0 Å². The van der Waals surface area contributed by atoms with Crippen molar-refractivity contribution >= 4 is 16.9 Å². The van der Waals surface area contributed by atoms with E-state index in [1.165, 1.54) is 32.4 Å². The summed E-state index contributed by atoms with van der Waals surface area (Å²) >= 11 is 0. The van der Waals surface area contributed by atoms with Gasteiger partial charge in [0.1, 0.15) is 0 Å². The van der Waals surface area contributed by atoms with Gasteiger partial charge in [0.25, 0.3) is 0 Å². The third kappa shape index (κ3) is 3.95. The smallest absolute Gasteiger partial charge is 0.338 e. The van der Waals surface area contributed by atoms with Crippen LogP contribution in [0.4, 0.5) is 0 Å². The van der Waals surface area contributed by atoms with Gasteiger partial charge in [-0.05, 0) is 17.7 Å². The zero-order chi connectivity index (χ0) is 16.8. The Morgan fingerprint density at radius 1 is 1.09 bits per heavy atom. The second-order valence-corrected chi connectivity index (χ2v) is 5.86. The molecule has 2 rings (SSSR count). The van der Waals surface area contributed by atoms with Gasteiger partial charge in [-0.15, -0.1) is 0 Å². The van der Waals surface area contributed by atoms with Gasteiger partial charge in [-0.3, -0.25) is 10.1 Å². The highest BCUT2D eigenvalue weighted by Gasteiger charge is 2.23. The van der Waals surface area contributed by atoms with Crippen LogP contribution in [0.1, 0.15) is 5.56 Å². The number of ether oxygens (including phenoxy) is 2. The summed E-state index contributed by atoms with van der Waals surface area (Å²) in [5.74, 6) is 0.823. The summed E-state index contributed by atoms with van der Waals surface area (Å²) in [6.07, 6.45) is 1.30. The minimum atomic E-state index is -1.95. The first-order valence-corrected chi connectivity index (χ1v) is 7.76. The van der Waals surface area contributed by atoms with E-state index in [4.69, 9.17) is 9.47 Å². The van der Waals surface area contributed by atoms with Gasteiger partial charge in [-0.25, -0.2) is 4.21 Å². The molecule has 0 saturated heterocycles. The van der Waals surface area contributed by atoms with Gasteiger partial charge >= 0.3 is 5.03 Å². The third-order valence-electron chi connectivity index (χ3n) is 3.03. The molecule has 0 fully saturated rings. The number of hydrogen-bond acceptors (Lipinski definition) is 5. The van der Waals surface area contributed by atoms with Crippen molar-refractivity contribution in [3.8, 4) is 11.5 Å². The molecule has 0 aliphatic heterocycles. The van der Waals surface area contributed by atoms with E-state index in [1.54, 1.807) is 36.4 Å². The number of nitro groups is 1. The highest BCUT2D eigenvalue weighted by molar-refractivity contribution is 7.88. The van der Waals surface area contributed by atoms with Gasteiger partial charge in [-0.1, -0.05) is 30.3 Å². The molecule has 1 unspecified atom stereocenters. The molecule has 0 heterocycles. The molecule has 0 spiro atoms. The Labute approximate surface area is 136 Å². The molecule has 0 amide bonds. The Hall–Kier alpha value is -2.67. The summed E-state index contributed by atoms with van der Waals surface area (Å²) in [4.78, 5) is 10.9. The Bertz CT molecular complexity index is 758. The van der Waals surface area contributed by atoms with E-state index in [1.807, 2.05) is 0 Å². The van der Waals surface area contributed by atoms with Gasteiger partial charge in [0, 0.05) is 12.1 Å². The SMILES string of the molecule is COc1ccc(S(=O)C(=Cc2ccccc2)[N+](=O)[O-])cc1OC. The van der Waals surface area contributed by atoms with Crippen LogP contribution in [0, 0.1) is 10.1 Å². The number of hydrogen-bond donors (Lipinski definition) is 0. The molecule has 2 aromatic rings. The molecule has 6 nitrogen and oxygen atoms in total. The molecule has 0 N–H and O–H groups in total. The maximum atomic E-state index is 12.6. The van der Waals surface area contributed by atoms with Crippen molar-refractivity contribution < 1.29 is 18.6 Å². The minimum Gasteiger partial charge on any atom is -0.493 e. The molecule has 0 bridgehead atoms. The molecule has 0 aliphatic carbocycles. The molecule has 7 heteroatoms. The molecule has 2 aromatic carbocycles. The zero-order valence-electron chi connectivity index (χ0n) is 12.6. The second kappa shape index (κ2) is 7.55. The molecular formula is C16H15NO5S. The second-order valence-electron chi connectivity index (χ2n) is 4.44. The fourth-order valence-electron chi connectivity index (χ4n) is 1.92. The predicted octanol–water partition coefficient (Wildman–Crippen LogP) is 3.09. The van der Waals surface area contributed by atoms with Crippen molar-refractivity contribution in [3.05, 3.63) is 69.2 Å². The maximum Gasteiger partial charge on any atom is 0.338 e. The number of nitrogens with zero attached hydrogens (tertiary/aromatic N) is 1. The van der Waals surface area contributed by atoms with Gasteiger partial charge in [-0.2, -0.15) is 0 Å². The Morgan fingerprint density at radius 2 is 1.74 bits per heavy atom. The standard InChI is InChI=1S/C16H15NO5S/c1-21-14-9-8-13(11-15(14)22-2)23(20)16(17(18)19)10-12-6-4-3-5-7-12/h3-11H,1-2H3. The quantitative estimate of drug-likeness (QED) is 0.599. The first-order valence-electron chi connectivity index (χ1n) is 6.61. The zero-order valence-corrected chi connectivity index (χ0v) is 13.4. The molecular weight excluding hydrogens is 318 g/mol. The summed E-state index contributed by atoms with van der Waals surface area (Å²) in [5, 5.41) is 10.9. The van der Waals surface area contributed by atoms with Crippen LogP contribution in [0.15, 0.2) is 58.5 Å². The largest absolute Gasteiger partial charge is 0.493 e. The average molecular weight is 333 g/mol. The summed E-state index contributed by atoms with van der Waals surface area (Å²) in [6, 6.07) is 13.3. The first kappa shape index (κ1) is 16.7. The number of rotatable bonds is 6. The van der Waals surface area contributed by atoms with E-state index in [2.05, 4.69) is 0 Å². The van der Waals surface area contributed by atoms with Crippen LogP contribution in [0.3, 0.4) is 0 Å². The van der Waals surface area contributed by atoms with E-state index >= 15 is 0 Å². The molecule has 120 valence electrons. The Kier molecular flexibility index (Phi) is 5.48. The van der Waals surface area contributed by atoms with Gasteiger partial charge in [0.05, 0.1) is 24.0 Å². The number of benzene rings is 2. The van der Waals surface area contributed by atoms with Crippen LogP contribution in [0.2, 0.25) is 0 Å². The van der Waals surface area contributed by atoms with Crippen LogP contribution in [0.25, 0.3) is 6.08 Å². The highest BCUT2D eigenvalue weighted by atomic mass is 32.2. The lowest BCUT2D eigenvalue weighted by molar-refractivity contribution is -0.409. The van der Waals surface area contributed by atoms with Crippen LogP contribution < -0.4 is 9.47 Å². The molecule has 1 atom stereocenters. The normalized spacial score (nSPS) is 12.5. The van der Waals surface area contributed by atoms with Crippen molar-refractivity contribution in [3.63, 3.8) is 0 Å². The van der Waals surface area contributed by atoms with Crippen molar-refractivity contribution in [2.24, 2.45) is 0 Å². The highest BCUT2D eigenvalue weighted by Crippen LogP contribution is 2.30. The van der Waals surface area contributed by atoms with Crippen molar-refractivity contribution in [1.29, 1.82) is 0 Å². The first-order chi connectivity index (χ1) is 11.1. The Balaban J connectivity index is 2.43.